The van der Waals surface area contributed by atoms with E-state index in [1.165, 1.54) is 6.20 Å². The van der Waals surface area contributed by atoms with Gasteiger partial charge < -0.3 is 20.4 Å². The van der Waals surface area contributed by atoms with E-state index in [1.54, 1.807) is 36.4 Å². The van der Waals surface area contributed by atoms with Crippen molar-refractivity contribution in [2.75, 3.05) is 11.9 Å². The first kappa shape index (κ1) is 20.7. The Morgan fingerprint density at radius 3 is 2.87 bits per heavy atom. The van der Waals surface area contributed by atoms with Gasteiger partial charge in [-0.25, -0.2) is 4.98 Å². The molecule has 0 aliphatic carbocycles. The van der Waals surface area contributed by atoms with Crippen LogP contribution in [0.3, 0.4) is 0 Å². The number of halogens is 1. The number of aliphatic hydroxyl groups excluding tert-OH is 1. The van der Waals surface area contributed by atoms with E-state index < -0.39 is 6.10 Å². The Labute approximate surface area is 183 Å². The highest BCUT2D eigenvalue weighted by Gasteiger charge is 2.17. The van der Waals surface area contributed by atoms with Gasteiger partial charge in [0.25, 0.3) is 5.56 Å². The van der Waals surface area contributed by atoms with Crippen molar-refractivity contribution in [2.45, 2.75) is 19.4 Å². The maximum Gasteiger partial charge on any atom is 0.261 e. The molecule has 0 saturated carbocycles. The van der Waals surface area contributed by atoms with Crippen LogP contribution in [0, 0.1) is 11.3 Å². The van der Waals surface area contributed by atoms with Gasteiger partial charge in [0.1, 0.15) is 11.4 Å². The molecule has 2 heterocycles. The number of aliphatic hydroxyl groups is 1. The first-order valence-corrected chi connectivity index (χ1v) is 10.2. The lowest BCUT2D eigenvalue weighted by molar-refractivity contribution is 0.191. The molecule has 0 fully saturated rings. The van der Waals surface area contributed by atoms with Gasteiger partial charge in [-0.05, 0) is 47.9 Å². The number of nitrogens with one attached hydrogen (secondary N) is 3. The van der Waals surface area contributed by atoms with Gasteiger partial charge >= 0.3 is 0 Å². The molecular weight excluding hydrogens is 414 g/mol. The SMILES string of the molecule is CCc1cc(C#N)cc2[nH]c(-c3c(NCC(O)c4cccc(Cl)c4)cc[nH]c3=O)nc12. The van der Waals surface area contributed by atoms with Gasteiger partial charge in [0, 0.05) is 17.8 Å². The van der Waals surface area contributed by atoms with E-state index in [-0.39, 0.29) is 12.1 Å². The second kappa shape index (κ2) is 8.64. The zero-order chi connectivity index (χ0) is 22.0. The summed E-state index contributed by atoms with van der Waals surface area (Å²) >= 11 is 6.01. The predicted molar refractivity (Wildman–Crippen MR) is 121 cm³/mol. The number of fused-ring (bicyclic) bond motifs is 1. The van der Waals surface area contributed by atoms with Crippen LogP contribution in [0.4, 0.5) is 5.69 Å². The number of hydrogen-bond donors (Lipinski definition) is 4. The van der Waals surface area contributed by atoms with Gasteiger partial charge in [0.2, 0.25) is 0 Å². The number of benzene rings is 2. The smallest absolute Gasteiger partial charge is 0.261 e. The predicted octanol–water partition coefficient (Wildman–Crippen LogP) is 4.15. The number of nitriles is 1. The number of rotatable bonds is 6. The van der Waals surface area contributed by atoms with E-state index >= 15 is 0 Å². The number of imidazole rings is 1. The van der Waals surface area contributed by atoms with Crippen molar-refractivity contribution in [1.82, 2.24) is 15.0 Å². The van der Waals surface area contributed by atoms with Crippen LogP contribution in [0.15, 0.2) is 53.5 Å². The summed E-state index contributed by atoms with van der Waals surface area (Å²) in [5, 5.41) is 23.5. The molecule has 0 aliphatic heterocycles. The number of aromatic amines is 2. The maximum atomic E-state index is 12.7. The quantitative estimate of drug-likeness (QED) is 0.364. The molecule has 0 saturated heterocycles. The Kier molecular flexibility index (Phi) is 5.76. The fraction of sp³-hybridized carbons (Fsp3) is 0.174. The number of aryl methyl sites for hydroxylation is 1. The summed E-state index contributed by atoms with van der Waals surface area (Å²) in [6, 6.07) is 14.4. The van der Waals surface area contributed by atoms with Crippen LogP contribution in [-0.2, 0) is 6.42 Å². The van der Waals surface area contributed by atoms with E-state index in [0.29, 0.717) is 45.2 Å². The third kappa shape index (κ3) is 4.17. The van der Waals surface area contributed by atoms with Gasteiger partial charge in [-0.15, -0.1) is 0 Å². The lowest BCUT2D eigenvalue weighted by atomic mass is 10.1. The molecule has 2 aromatic carbocycles. The van der Waals surface area contributed by atoms with E-state index in [9.17, 15) is 15.2 Å². The van der Waals surface area contributed by atoms with E-state index in [1.807, 2.05) is 13.0 Å². The Bertz CT molecular complexity index is 1350. The van der Waals surface area contributed by atoms with Crippen LogP contribution in [0.5, 0.6) is 0 Å². The van der Waals surface area contributed by atoms with E-state index in [4.69, 9.17) is 11.6 Å². The molecule has 31 heavy (non-hydrogen) atoms. The first-order valence-electron chi connectivity index (χ1n) is 9.82. The standard InChI is InChI=1S/C23H20ClN5O2/c1-2-14-8-13(11-25)9-18-21(14)29-22(28-18)20-17(6-7-26-23(20)31)27-12-19(30)15-4-3-5-16(24)10-15/h3-10,19,30H,2,12H2,1H3,(H,28,29)(H2,26,27,31). The highest BCUT2D eigenvalue weighted by atomic mass is 35.5. The van der Waals surface area contributed by atoms with Crippen LogP contribution in [0.2, 0.25) is 5.02 Å². The molecule has 0 bridgehead atoms. The maximum absolute atomic E-state index is 12.7. The molecule has 4 N–H and O–H groups in total. The molecular formula is C23H20ClN5O2. The lowest BCUT2D eigenvalue weighted by Gasteiger charge is -2.15. The summed E-state index contributed by atoms with van der Waals surface area (Å²) in [5.41, 5.74) is 4.09. The van der Waals surface area contributed by atoms with Gasteiger partial charge in [0.15, 0.2) is 0 Å². The molecule has 4 rings (SSSR count). The highest BCUT2D eigenvalue weighted by molar-refractivity contribution is 6.30. The minimum atomic E-state index is -0.814. The zero-order valence-electron chi connectivity index (χ0n) is 16.7. The molecule has 0 amide bonds. The summed E-state index contributed by atoms with van der Waals surface area (Å²) in [6.45, 7) is 2.17. The normalized spacial score (nSPS) is 11.9. The van der Waals surface area contributed by atoms with Crippen molar-refractivity contribution in [1.29, 1.82) is 5.26 Å². The molecule has 8 heteroatoms. The molecule has 0 aliphatic rings. The second-order valence-electron chi connectivity index (χ2n) is 7.13. The Hall–Kier alpha value is -3.60. The van der Waals surface area contributed by atoms with Crippen molar-refractivity contribution < 1.29 is 5.11 Å². The number of pyridine rings is 1. The monoisotopic (exact) mass is 433 g/mol. The number of H-pyrrole nitrogens is 2. The fourth-order valence-corrected chi connectivity index (χ4v) is 3.74. The fourth-order valence-electron chi connectivity index (χ4n) is 3.54. The van der Waals surface area contributed by atoms with Crippen LogP contribution in [0.1, 0.15) is 29.7 Å². The van der Waals surface area contributed by atoms with Crippen LogP contribution in [0.25, 0.3) is 22.4 Å². The van der Waals surface area contributed by atoms with Gasteiger partial charge in [-0.1, -0.05) is 30.7 Å². The number of aromatic nitrogens is 3. The van der Waals surface area contributed by atoms with Crippen molar-refractivity contribution in [3.8, 4) is 17.5 Å². The van der Waals surface area contributed by atoms with Gasteiger partial charge in [-0.2, -0.15) is 5.26 Å². The van der Waals surface area contributed by atoms with Crippen molar-refractivity contribution >= 4 is 28.3 Å². The summed E-state index contributed by atoms with van der Waals surface area (Å²) in [4.78, 5) is 23.1. The Morgan fingerprint density at radius 2 is 2.13 bits per heavy atom. The van der Waals surface area contributed by atoms with Gasteiger partial charge in [-0.3, -0.25) is 4.79 Å². The summed E-state index contributed by atoms with van der Waals surface area (Å²) in [6.07, 6.45) is 1.43. The topological polar surface area (TPSA) is 118 Å². The molecule has 4 aromatic rings. The molecule has 156 valence electrons. The summed E-state index contributed by atoms with van der Waals surface area (Å²) < 4.78 is 0. The van der Waals surface area contributed by atoms with Crippen LogP contribution >= 0.6 is 11.6 Å². The van der Waals surface area contributed by atoms with Gasteiger partial charge in [0.05, 0.1) is 34.5 Å². The number of nitrogens with zero attached hydrogens (tertiary/aromatic N) is 2. The summed E-state index contributed by atoms with van der Waals surface area (Å²) in [7, 11) is 0. The summed E-state index contributed by atoms with van der Waals surface area (Å²) in [5.74, 6) is 0.390. The Morgan fingerprint density at radius 1 is 1.29 bits per heavy atom. The molecule has 1 atom stereocenters. The number of hydrogen-bond acceptors (Lipinski definition) is 5. The molecule has 2 aromatic heterocycles. The van der Waals surface area contributed by atoms with E-state index in [2.05, 4.69) is 26.3 Å². The average molecular weight is 434 g/mol. The molecule has 7 nitrogen and oxygen atoms in total. The van der Waals surface area contributed by atoms with Crippen molar-refractivity contribution in [3.05, 3.63) is 80.7 Å². The average Bonchev–Trinajstić information content (AvgIpc) is 3.20. The third-order valence-electron chi connectivity index (χ3n) is 5.09. The number of anilines is 1. The minimum absolute atomic E-state index is 0.176. The molecule has 0 radical (unpaired) electrons. The van der Waals surface area contributed by atoms with Crippen molar-refractivity contribution in [3.63, 3.8) is 0 Å². The van der Waals surface area contributed by atoms with Crippen molar-refractivity contribution in [2.24, 2.45) is 0 Å². The minimum Gasteiger partial charge on any atom is -0.387 e. The van der Waals surface area contributed by atoms with Crippen LogP contribution in [-0.4, -0.2) is 26.6 Å². The third-order valence-corrected chi connectivity index (χ3v) is 5.33. The second-order valence-corrected chi connectivity index (χ2v) is 7.57. The lowest BCUT2D eigenvalue weighted by Crippen LogP contribution is -2.17. The molecule has 0 spiro atoms. The largest absolute Gasteiger partial charge is 0.387 e. The first-order chi connectivity index (χ1) is 15.0. The Balaban J connectivity index is 1.70. The highest BCUT2D eigenvalue weighted by Crippen LogP contribution is 2.27. The van der Waals surface area contributed by atoms with E-state index in [0.717, 1.165) is 11.1 Å². The van der Waals surface area contributed by atoms with Crippen LogP contribution < -0.4 is 10.9 Å². The zero-order valence-corrected chi connectivity index (χ0v) is 17.5. The molecule has 1 unspecified atom stereocenters.